The SMILES string of the molecule is CS(=N)(=O)Nc1ccc(O)c(F)c1. The van der Waals surface area contributed by atoms with Crippen LogP contribution in [-0.2, 0) is 9.92 Å². The topological polar surface area (TPSA) is 73.2 Å². The van der Waals surface area contributed by atoms with Crippen LogP contribution in [0.3, 0.4) is 0 Å². The van der Waals surface area contributed by atoms with Gasteiger partial charge in [0, 0.05) is 12.3 Å². The number of rotatable bonds is 2. The highest BCUT2D eigenvalue weighted by Crippen LogP contribution is 2.19. The van der Waals surface area contributed by atoms with E-state index in [0.717, 1.165) is 12.1 Å². The van der Waals surface area contributed by atoms with Gasteiger partial charge in [0.2, 0.25) is 0 Å². The zero-order chi connectivity index (χ0) is 10.1. The van der Waals surface area contributed by atoms with Crippen molar-refractivity contribution in [3.8, 4) is 5.75 Å². The molecule has 4 nitrogen and oxygen atoms in total. The van der Waals surface area contributed by atoms with Crippen LogP contribution >= 0.6 is 0 Å². The summed E-state index contributed by atoms with van der Waals surface area (Å²) in [6.45, 7) is 0. The van der Waals surface area contributed by atoms with E-state index in [1.54, 1.807) is 0 Å². The number of hydrogen-bond donors (Lipinski definition) is 3. The average Bonchev–Trinajstić information content (AvgIpc) is 1.94. The molecule has 0 saturated heterocycles. The van der Waals surface area contributed by atoms with Gasteiger partial charge in [0.05, 0.1) is 5.69 Å². The van der Waals surface area contributed by atoms with Crippen LogP contribution in [0, 0.1) is 10.6 Å². The summed E-state index contributed by atoms with van der Waals surface area (Å²) in [5, 5.41) is 8.82. The van der Waals surface area contributed by atoms with Gasteiger partial charge in [-0.05, 0) is 12.1 Å². The molecule has 0 aliphatic heterocycles. The standard InChI is InChI=1S/C7H9FN2O2S/c1-13(9,12)10-5-2-3-7(11)6(8)4-5/h2-4,11H,1H3,(H2,9,10,12). The van der Waals surface area contributed by atoms with Crippen LogP contribution in [0.4, 0.5) is 10.1 Å². The molecule has 13 heavy (non-hydrogen) atoms. The van der Waals surface area contributed by atoms with Crippen molar-refractivity contribution in [3.05, 3.63) is 24.0 Å². The number of halogens is 1. The third-order valence-corrected chi connectivity index (χ3v) is 1.89. The second kappa shape index (κ2) is 3.21. The van der Waals surface area contributed by atoms with Gasteiger partial charge in [-0.3, -0.25) is 4.72 Å². The van der Waals surface area contributed by atoms with Crippen molar-refractivity contribution < 1.29 is 13.7 Å². The predicted octanol–water partition coefficient (Wildman–Crippen LogP) is 1.53. The molecule has 0 aromatic heterocycles. The van der Waals surface area contributed by atoms with E-state index in [1.807, 2.05) is 0 Å². The third-order valence-electron chi connectivity index (χ3n) is 1.26. The van der Waals surface area contributed by atoms with Gasteiger partial charge in [-0.1, -0.05) is 0 Å². The first-order chi connectivity index (χ1) is 5.88. The van der Waals surface area contributed by atoms with Crippen molar-refractivity contribution in [3.63, 3.8) is 0 Å². The van der Waals surface area contributed by atoms with Crippen LogP contribution in [-0.4, -0.2) is 15.6 Å². The number of benzene rings is 1. The van der Waals surface area contributed by atoms with Crippen molar-refractivity contribution in [2.75, 3.05) is 11.0 Å². The summed E-state index contributed by atoms with van der Waals surface area (Å²) in [5.41, 5.74) is 0.206. The number of phenols is 1. The number of nitrogens with one attached hydrogen (secondary N) is 2. The Hall–Kier alpha value is -1.30. The van der Waals surface area contributed by atoms with Gasteiger partial charge in [-0.2, -0.15) is 0 Å². The first-order valence-electron chi connectivity index (χ1n) is 3.38. The van der Waals surface area contributed by atoms with E-state index in [2.05, 4.69) is 4.72 Å². The summed E-state index contributed by atoms with van der Waals surface area (Å²) >= 11 is 0. The Kier molecular flexibility index (Phi) is 2.42. The van der Waals surface area contributed by atoms with Gasteiger partial charge in [0.15, 0.2) is 11.6 Å². The molecule has 0 aliphatic carbocycles. The lowest BCUT2D eigenvalue weighted by Crippen LogP contribution is -2.07. The normalized spacial score (nSPS) is 14.9. The van der Waals surface area contributed by atoms with Gasteiger partial charge in [0.25, 0.3) is 0 Å². The summed E-state index contributed by atoms with van der Waals surface area (Å²) in [4.78, 5) is 0. The zero-order valence-corrected chi connectivity index (χ0v) is 7.69. The van der Waals surface area contributed by atoms with E-state index in [9.17, 15) is 8.60 Å². The highest BCUT2D eigenvalue weighted by atomic mass is 32.2. The molecule has 0 fully saturated rings. The molecule has 0 bridgehead atoms. The van der Waals surface area contributed by atoms with E-state index < -0.39 is 21.5 Å². The van der Waals surface area contributed by atoms with Crippen LogP contribution in [0.1, 0.15) is 0 Å². The van der Waals surface area contributed by atoms with Crippen LogP contribution in [0.5, 0.6) is 5.75 Å². The Labute approximate surface area is 75.5 Å². The van der Waals surface area contributed by atoms with Crippen molar-refractivity contribution >= 4 is 15.6 Å². The van der Waals surface area contributed by atoms with Gasteiger partial charge >= 0.3 is 0 Å². The van der Waals surface area contributed by atoms with E-state index >= 15 is 0 Å². The lowest BCUT2D eigenvalue weighted by molar-refractivity contribution is 0.432. The summed E-state index contributed by atoms with van der Waals surface area (Å²) in [7, 11) is -2.91. The van der Waals surface area contributed by atoms with Crippen LogP contribution in [0.25, 0.3) is 0 Å². The maximum Gasteiger partial charge on any atom is 0.166 e. The predicted molar refractivity (Wildman–Crippen MR) is 48.5 cm³/mol. The Morgan fingerprint density at radius 1 is 1.62 bits per heavy atom. The summed E-state index contributed by atoms with van der Waals surface area (Å²) in [5.74, 6) is -1.29. The Morgan fingerprint density at radius 3 is 2.69 bits per heavy atom. The number of aromatic hydroxyl groups is 1. The Morgan fingerprint density at radius 2 is 2.23 bits per heavy atom. The van der Waals surface area contributed by atoms with E-state index in [4.69, 9.17) is 9.89 Å². The largest absolute Gasteiger partial charge is 0.505 e. The van der Waals surface area contributed by atoms with Crippen molar-refractivity contribution in [2.45, 2.75) is 0 Å². The molecule has 1 aromatic carbocycles. The highest BCUT2D eigenvalue weighted by Gasteiger charge is 2.03. The quantitative estimate of drug-likeness (QED) is 0.639. The minimum absolute atomic E-state index is 0.206. The lowest BCUT2D eigenvalue weighted by Gasteiger charge is -2.05. The maximum atomic E-state index is 12.7. The maximum absolute atomic E-state index is 12.7. The van der Waals surface area contributed by atoms with Crippen molar-refractivity contribution in [1.29, 1.82) is 4.78 Å². The van der Waals surface area contributed by atoms with Gasteiger partial charge in [-0.25, -0.2) is 13.4 Å². The number of hydrogen-bond acceptors (Lipinski definition) is 3. The fraction of sp³-hybridized carbons (Fsp3) is 0.143. The molecule has 3 N–H and O–H groups in total. The van der Waals surface area contributed by atoms with Gasteiger partial charge in [-0.15, -0.1) is 0 Å². The average molecular weight is 204 g/mol. The van der Waals surface area contributed by atoms with E-state index in [-0.39, 0.29) is 5.69 Å². The molecule has 6 heteroatoms. The fourth-order valence-electron chi connectivity index (χ4n) is 0.795. The molecule has 1 rings (SSSR count). The molecule has 0 saturated carbocycles. The number of phenolic OH excluding ortho intramolecular Hbond substituents is 1. The summed E-state index contributed by atoms with van der Waals surface area (Å²) < 4.78 is 33.0. The fourth-order valence-corrected chi connectivity index (χ4v) is 1.37. The van der Waals surface area contributed by atoms with Crippen LogP contribution in [0.15, 0.2) is 18.2 Å². The first-order valence-corrected chi connectivity index (χ1v) is 5.35. The van der Waals surface area contributed by atoms with Crippen molar-refractivity contribution in [1.82, 2.24) is 0 Å². The molecule has 0 amide bonds. The molecule has 1 atom stereocenters. The molecule has 1 aromatic rings. The third kappa shape index (κ3) is 2.90. The molecular weight excluding hydrogens is 195 g/mol. The molecule has 0 radical (unpaired) electrons. The molecule has 0 aliphatic rings. The zero-order valence-electron chi connectivity index (χ0n) is 6.87. The monoisotopic (exact) mass is 204 g/mol. The Bertz CT molecular complexity index is 417. The van der Waals surface area contributed by atoms with E-state index in [1.165, 1.54) is 12.3 Å². The minimum atomic E-state index is -2.91. The second-order valence-electron chi connectivity index (χ2n) is 2.61. The molecule has 72 valence electrons. The van der Waals surface area contributed by atoms with Crippen LogP contribution in [0.2, 0.25) is 0 Å². The van der Waals surface area contributed by atoms with E-state index in [0.29, 0.717) is 0 Å². The molecule has 1 unspecified atom stereocenters. The van der Waals surface area contributed by atoms with Gasteiger partial charge in [0.1, 0.15) is 9.92 Å². The lowest BCUT2D eigenvalue weighted by atomic mass is 10.3. The molecular formula is C7H9FN2O2S. The first kappa shape index (κ1) is 9.79. The minimum Gasteiger partial charge on any atom is -0.505 e. The second-order valence-corrected chi connectivity index (χ2v) is 4.50. The number of anilines is 1. The summed E-state index contributed by atoms with van der Waals surface area (Å²) in [6.07, 6.45) is 1.18. The van der Waals surface area contributed by atoms with Crippen LogP contribution < -0.4 is 4.72 Å². The molecule has 0 heterocycles. The van der Waals surface area contributed by atoms with Gasteiger partial charge < -0.3 is 5.11 Å². The Balaban J connectivity index is 2.99. The molecule has 0 spiro atoms. The van der Waals surface area contributed by atoms with Crippen molar-refractivity contribution in [2.24, 2.45) is 0 Å². The smallest absolute Gasteiger partial charge is 0.166 e. The highest BCUT2D eigenvalue weighted by molar-refractivity contribution is 7.93. The summed E-state index contributed by atoms with van der Waals surface area (Å²) in [6, 6.07) is 3.45.